The summed E-state index contributed by atoms with van der Waals surface area (Å²) in [6.07, 6.45) is 5.56. The maximum Gasteiger partial charge on any atom is 0.243 e. The zero-order chi connectivity index (χ0) is 25.3. The van der Waals surface area contributed by atoms with E-state index in [1.165, 1.54) is 12.1 Å². The third-order valence-corrected chi connectivity index (χ3v) is 6.20. The highest BCUT2D eigenvalue weighted by atomic mass is 35.5. The van der Waals surface area contributed by atoms with Crippen LogP contribution in [0.2, 0.25) is 5.02 Å². The van der Waals surface area contributed by atoms with E-state index in [1.54, 1.807) is 42.6 Å². The second-order valence-electron chi connectivity index (χ2n) is 8.56. The molecule has 1 aliphatic heterocycles. The fraction of sp³-hybridized carbons (Fsp3) is 0.148. The summed E-state index contributed by atoms with van der Waals surface area (Å²) in [7, 11) is 0. The van der Waals surface area contributed by atoms with Crippen LogP contribution in [0.15, 0.2) is 82.5 Å². The largest absolute Gasteiger partial charge is 0.337 e. The predicted molar refractivity (Wildman–Crippen MR) is 136 cm³/mol. The van der Waals surface area contributed by atoms with Gasteiger partial charge in [0.25, 0.3) is 0 Å². The molecule has 3 heterocycles. The number of nitrogens with zero attached hydrogens (tertiary/aromatic N) is 4. The molecular weight excluding hydrogens is 481 g/mol. The van der Waals surface area contributed by atoms with Crippen LogP contribution < -0.4 is 5.32 Å². The Bertz CT molecular complexity index is 1510. The van der Waals surface area contributed by atoms with Crippen LogP contribution >= 0.6 is 11.6 Å². The maximum absolute atomic E-state index is 13.6. The molecule has 0 aliphatic carbocycles. The topological polar surface area (TPSA) is 93.3 Å². The number of allylic oxidation sites excluding steroid dienone is 1. The third kappa shape index (κ3) is 4.67. The molecule has 1 N–H and O–H groups in total. The molecule has 1 unspecified atom stereocenters. The maximum atomic E-state index is 13.6. The minimum absolute atomic E-state index is 0.0312. The van der Waals surface area contributed by atoms with E-state index in [-0.39, 0.29) is 29.9 Å². The van der Waals surface area contributed by atoms with Gasteiger partial charge < -0.3 is 4.52 Å². The number of halogens is 2. The van der Waals surface area contributed by atoms with Crippen molar-refractivity contribution in [2.24, 2.45) is 4.99 Å². The molecule has 0 fully saturated rings. The van der Waals surface area contributed by atoms with Gasteiger partial charge in [0.05, 0.1) is 12.1 Å². The normalized spacial score (nSPS) is 16.7. The van der Waals surface area contributed by atoms with Crippen molar-refractivity contribution in [1.82, 2.24) is 15.1 Å². The van der Waals surface area contributed by atoms with E-state index in [1.807, 2.05) is 32.1 Å². The Balaban J connectivity index is 1.56. The minimum atomic E-state index is -0.650. The Morgan fingerprint density at radius 1 is 1.14 bits per heavy atom. The lowest BCUT2D eigenvalue weighted by Gasteiger charge is -2.18. The monoisotopic (exact) mass is 501 g/mol. The van der Waals surface area contributed by atoms with Crippen LogP contribution in [0, 0.1) is 5.82 Å². The Morgan fingerprint density at radius 2 is 1.92 bits per heavy atom. The van der Waals surface area contributed by atoms with Gasteiger partial charge >= 0.3 is 0 Å². The second kappa shape index (κ2) is 9.47. The first-order chi connectivity index (χ1) is 17.3. The summed E-state index contributed by atoms with van der Waals surface area (Å²) < 4.78 is 19.1. The van der Waals surface area contributed by atoms with Gasteiger partial charge in [0.2, 0.25) is 11.8 Å². The van der Waals surface area contributed by atoms with Crippen LogP contribution in [-0.2, 0) is 16.8 Å². The fourth-order valence-corrected chi connectivity index (χ4v) is 4.20. The molecule has 1 atom stereocenters. The highest BCUT2D eigenvalue weighted by molar-refractivity contribution is 6.31. The molecule has 1 amide bonds. The van der Waals surface area contributed by atoms with Gasteiger partial charge in [-0.15, -0.1) is 0 Å². The first-order valence-electron chi connectivity index (χ1n) is 11.2. The number of carbonyl (C=O) groups is 1. The summed E-state index contributed by atoms with van der Waals surface area (Å²) in [5, 5.41) is 7.42. The van der Waals surface area contributed by atoms with Crippen molar-refractivity contribution < 1.29 is 13.7 Å². The van der Waals surface area contributed by atoms with Gasteiger partial charge in [-0.2, -0.15) is 0 Å². The summed E-state index contributed by atoms with van der Waals surface area (Å²) in [6.45, 7) is 3.87. The van der Waals surface area contributed by atoms with E-state index in [0.717, 1.165) is 5.71 Å². The molecule has 0 spiro atoms. The van der Waals surface area contributed by atoms with Gasteiger partial charge in [-0.3, -0.25) is 15.1 Å². The van der Waals surface area contributed by atoms with Crippen LogP contribution in [0.3, 0.4) is 0 Å². The summed E-state index contributed by atoms with van der Waals surface area (Å²) in [5.74, 6) is -0.372. The number of carbonyl (C=O) groups excluding carboxylic acids is 1. The molecular formula is C27H21ClFN5O2. The molecule has 0 saturated carbocycles. The zero-order valence-corrected chi connectivity index (χ0v) is 20.3. The molecule has 4 aromatic rings. The Kier molecular flexibility index (Phi) is 6.20. The van der Waals surface area contributed by atoms with E-state index in [0.29, 0.717) is 33.1 Å². The SMILES string of the molecule is CC1=NC(C)(c2ccnc(-c3c(-c4ccc(F)cc4)noc3NC(=O)Cc3ccccc3Cl)n2)C=C1. The van der Waals surface area contributed by atoms with Crippen molar-refractivity contribution in [2.45, 2.75) is 25.8 Å². The molecule has 2 aromatic heterocycles. The van der Waals surface area contributed by atoms with Crippen LogP contribution in [0.1, 0.15) is 25.1 Å². The average Bonchev–Trinajstić information content (AvgIpc) is 3.44. The predicted octanol–water partition coefficient (Wildman–Crippen LogP) is 6.02. The standard InChI is InChI=1S/C27H21ClFN5O2/c1-16-11-13-27(2,33-16)21-12-14-30-25(31-21)23-24(17-7-9-19(29)10-8-17)34-36-26(23)32-22(35)15-18-5-3-4-6-20(18)28/h3-14H,15H2,1-2H3,(H,32,35). The van der Waals surface area contributed by atoms with E-state index in [4.69, 9.17) is 21.1 Å². The summed E-state index contributed by atoms with van der Waals surface area (Å²) in [6, 6.07) is 14.7. The number of hydrogen-bond acceptors (Lipinski definition) is 6. The number of amides is 1. The molecule has 0 radical (unpaired) electrons. The number of nitrogens with one attached hydrogen (secondary N) is 1. The van der Waals surface area contributed by atoms with Crippen LogP contribution in [0.4, 0.5) is 10.3 Å². The Labute approximate surface area is 211 Å². The first kappa shape index (κ1) is 23.6. The molecule has 0 bridgehead atoms. The highest BCUT2D eigenvalue weighted by Gasteiger charge is 2.30. The van der Waals surface area contributed by atoms with E-state index < -0.39 is 5.54 Å². The van der Waals surface area contributed by atoms with Gasteiger partial charge in [-0.1, -0.05) is 35.0 Å². The van der Waals surface area contributed by atoms with E-state index in [9.17, 15) is 9.18 Å². The number of aliphatic imine (C=N–C) groups is 1. The average molecular weight is 502 g/mol. The molecule has 0 saturated heterocycles. The van der Waals surface area contributed by atoms with Gasteiger partial charge in [-0.25, -0.2) is 14.4 Å². The van der Waals surface area contributed by atoms with Crippen molar-refractivity contribution in [2.75, 3.05) is 5.32 Å². The molecule has 9 heteroatoms. The summed E-state index contributed by atoms with van der Waals surface area (Å²) >= 11 is 6.22. The molecule has 5 rings (SSSR count). The molecule has 7 nitrogen and oxygen atoms in total. The number of hydrogen-bond donors (Lipinski definition) is 1. The molecule has 1 aliphatic rings. The van der Waals surface area contributed by atoms with Crippen molar-refractivity contribution in [3.63, 3.8) is 0 Å². The van der Waals surface area contributed by atoms with Crippen molar-refractivity contribution in [1.29, 1.82) is 0 Å². The summed E-state index contributed by atoms with van der Waals surface area (Å²) in [5.41, 5.74) is 2.90. The van der Waals surface area contributed by atoms with Crippen molar-refractivity contribution in [3.05, 3.63) is 95.0 Å². The first-order valence-corrected chi connectivity index (χ1v) is 11.6. The van der Waals surface area contributed by atoms with Gasteiger partial charge in [0.15, 0.2) is 5.82 Å². The lowest BCUT2D eigenvalue weighted by molar-refractivity contribution is -0.115. The van der Waals surface area contributed by atoms with Gasteiger partial charge in [0.1, 0.15) is 22.6 Å². The van der Waals surface area contributed by atoms with Crippen LogP contribution in [0.25, 0.3) is 22.6 Å². The van der Waals surface area contributed by atoms with Gasteiger partial charge in [0, 0.05) is 22.5 Å². The van der Waals surface area contributed by atoms with Crippen molar-refractivity contribution in [3.8, 4) is 22.6 Å². The number of anilines is 1. The third-order valence-electron chi connectivity index (χ3n) is 5.83. The number of rotatable bonds is 6. The second-order valence-corrected chi connectivity index (χ2v) is 8.97. The fourth-order valence-electron chi connectivity index (χ4n) is 4.00. The van der Waals surface area contributed by atoms with Crippen LogP contribution in [0.5, 0.6) is 0 Å². The van der Waals surface area contributed by atoms with Crippen molar-refractivity contribution >= 4 is 29.1 Å². The quantitative estimate of drug-likeness (QED) is 0.349. The molecule has 2 aromatic carbocycles. The van der Waals surface area contributed by atoms with E-state index >= 15 is 0 Å². The van der Waals surface area contributed by atoms with E-state index in [2.05, 4.69) is 20.4 Å². The smallest absolute Gasteiger partial charge is 0.243 e. The molecule has 180 valence electrons. The minimum Gasteiger partial charge on any atom is -0.337 e. The Morgan fingerprint density at radius 3 is 2.64 bits per heavy atom. The zero-order valence-electron chi connectivity index (χ0n) is 19.5. The van der Waals surface area contributed by atoms with Gasteiger partial charge in [-0.05, 0) is 68.0 Å². The number of benzene rings is 2. The lowest BCUT2D eigenvalue weighted by Crippen LogP contribution is -2.17. The number of aromatic nitrogens is 3. The highest BCUT2D eigenvalue weighted by Crippen LogP contribution is 2.38. The Hall–Kier alpha value is -4.17. The summed E-state index contributed by atoms with van der Waals surface area (Å²) in [4.78, 5) is 26.8. The van der Waals surface area contributed by atoms with Crippen LogP contribution in [-0.4, -0.2) is 26.7 Å². The molecule has 36 heavy (non-hydrogen) atoms. The lowest BCUT2D eigenvalue weighted by atomic mass is 9.99.